The molecule has 6 aromatic rings. The number of aliphatic hydroxyl groups is 1. The van der Waals surface area contributed by atoms with Crippen molar-refractivity contribution in [3.63, 3.8) is 0 Å². The molecule has 8 rings (SSSR count). The Bertz CT molecular complexity index is 2220. The number of hydrogen-bond donors (Lipinski definition) is 2. The van der Waals surface area contributed by atoms with Crippen molar-refractivity contribution in [1.82, 2.24) is 19.5 Å². The van der Waals surface area contributed by atoms with Gasteiger partial charge in [0.05, 0.1) is 27.2 Å². The Hall–Kier alpha value is -5.92. The van der Waals surface area contributed by atoms with Crippen LogP contribution in [0.4, 0.5) is 5.82 Å². The average molecular weight is 726 g/mol. The highest BCUT2D eigenvalue weighted by atomic mass is 16.6. The third-order valence-electron chi connectivity index (χ3n) is 10.2. The number of fused-ring (bicyclic) bond motifs is 3. The number of aromatic nitrogens is 4. The van der Waals surface area contributed by atoms with Crippen molar-refractivity contribution >= 4 is 22.9 Å². The zero-order valence-electron chi connectivity index (χ0n) is 29.8. The van der Waals surface area contributed by atoms with Gasteiger partial charge in [-0.25, -0.2) is 15.0 Å². The third-order valence-corrected chi connectivity index (χ3v) is 10.2. The number of amides is 1. The quantitative estimate of drug-likeness (QED) is 0.114. The highest BCUT2D eigenvalue weighted by molar-refractivity contribution is 6.06. The van der Waals surface area contributed by atoms with Gasteiger partial charge in [0, 0.05) is 18.4 Å². The molecular formula is C42H39N5O7. The van der Waals surface area contributed by atoms with Crippen LogP contribution in [-0.4, -0.2) is 69.4 Å². The van der Waals surface area contributed by atoms with Crippen molar-refractivity contribution in [2.75, 3.05) is 26.1 Å². The molecule has 0 saturated carbocycles. The Morgan fingerprint density at radius 1 is 0.889 bits per heavy atom. The molecule has 54 heavy (non-hydrogen) atoms. The second kappa shape index (κ2) is 14.5. The molecule has 12 nitrogen and oxygen atoms in total. The summed E-state index contributed by atoms with van der Waals surface area (Å²) in [4.78, 5) is 26.5. The van der Waals surface area contributed by atoms with Gasteiger partial charge in [-0.05, 0) is 58.7 Å². The lowest BCUT2D eigenvalue weighted by atomic mass is 9.79. The molecule has 0 aliphatic carbocycles. The van der Waals surface area contributed by atoms with E-state index < -0.39 is 29.8 Å². The van der Waals surface area contributed by atoms with E-state index in [4.69, 9.17) is 23.7 Å². The highest BCUT2D eigenvalue weighted by Crippen LogP contribution is 2.50. The molecule has 2 N–H and O–H groups in total. The van der Waals surface area contributed by atoms with E-state index >= 15 is 0 Å². The van der Waals surface area contributed by atoms with Crippen LogP contribution >= 0.6 is 0 Å². The van der Waals surface area contributed by atoms with Gasteiger partial charge in [0.1, 0.15) is 35.1 Å². The zero-order chi connectivity index (χ0) is 37.3. The number of carbonyl (C=O) groups is 1. The molecule has 2 aliphatic rings. The lowest BCUT2D eigenvalue weighted by molar-refractivity contribution is -0.184. The van der Waals surface area contributed by atoms with Crippen molar-refractivity contribution in [2.24, 2.45) is 0 Å². The number of benzene rings is 4. The monoisotopic (exact) mass is 725 g/mol. The molecule has 2 saturated heterocycles. The fourth-order valence-electron chi connectivity index (χ4n) is 7.40. The molecular weight excluding hydrogens is 686 g/mol. The molecule has 0 unspecified atom stereocenters. The van der Waals surface area contributed by atoms with Crippen LogP contribution < -0.4 is 14.8 Å². The van der Waals surface area contributed by atoms with E-state index in [0.29, 0.717) is 40.2 Å². The van der Waals surface area contributed by atoms with E-state index in [9.17, 15) is 9.90 Å². The predicted molar refractivity (Wildman–Crippen MR) is 200 cm³/mol. The predicted octanol–water partition coefficient (Wildman–Crippen LogP) is 6.43. The summed E-state index contributed by atoms with van der Waals surface area (Å²) >= 11 is 0. The summed E-state index contributed by atoms with van der Waals surface area (Å²) in [6, 6.07) is 34.5. The van der Waals surface area contributed by atoms with Crippen LogP contribution in [0.2, 0.25) is 0 Å². The van der Waals surface area contributed by atoms with Gasteiger partial charge in [-0.2, -0.15) is 0 Å². The zero-order valence-corrected chi connectivity index (χ0v) is 29.8. The molecule has 4 heterocycles. The Labute approximate surface area is 312 Å². The Morgan fingerprint density at radius 2 is 1.50 bits per heavy atom. The average Bonchev–Trinajstić information content (AvgIpc) is 3.78. The number of imidazole rings is 1. The van der Waals surface area contributed by atoms with Crippen molar-refractivity contribution in [3.05, 3.63) is 156 Å². The summed E-state index contributed by atoms with van der Waals surface area (Å²) in [5, 5.41) is 13.9. The molecule has 1 amide bonds. The van der Waals surface area contributed by atoms with Gasteiger partial charge < -0.3 is 34.1 Å². The van der Waals surface area contributed by atoms with Gasteiger partial charge in [-0.3, -0.25) is 9.36 Å². The van der Waals surface area contributed by atoms with E-state index in [2.05, 4.69) is 26.8 Å². The molecule has 0 spiro atoms. The van der Waals surface area contributed by atoms with E-state index in [0.717, 1.165) is 16.7 Å². The number of rotatable bonds is 11. The van der Waals surface area contributed by atoms with E-state index in [-0.39, 0.29) is 24.8 Å². The highest BCUT2D eigenvalue weighted by Gasteiger charge is 2.55. The molecule has 2 fully saturated rings. The number of nitrogens with one attached hydrogen (secondary N) is 1. The number of hydrogen-bond acceptors (Lipinski definition) is 10. The summed E-state index contributed by atoms with van der Waals surface area (Å²) in [5.74, 6) is 1.34. The van der Waals surface area contributed by atoms with Crippen LogP contribution in [0.25, 0.3) is 11.2 Å². The van der Waals surface area contributed by atoms with Crippen LogP contribution in [0.3, 0.4) is 0 Å². The molecule has 4 aromatic carbocycles. The minimum absolute atomic E-state index is 0.0435. The summed E-state index contributed by atoms with van der Waals surface area (Å²) in [7, 11) is 3.27. The van der Waals surface area contributed by atoms with Crippen LogP contribution in [-0.2, 0) is 19.8 Å². The van der Waals surface area contributed by atoms with Crippen LogP contribution in [0.1, 0.15) is 46.1 Å². The molecule has 12 heteroatoms. The molecule has 2 bridgehead atoms. The standard InChI is InChI=1S/C42H39N5O7/c1-27-22-35(48)53-34-23-41(27,54-40(34)47-26-45-36-37(43-25-44-38(36)47)46-39(49)28-10-6-4-7-11-28)24-52-42(29-12-8-5-9-13-29,30-14-18-32(50-2)19-15-30)31-16-20-33(51-3)21-17-31/h4-21,25-26,34-35,40,48H,1,22-24H2,2-3H3,(H,43,44,46,49)/t34-,35+,40-,41+/m1/s1. The SMILES string of the molecule is C=C1C[C@@H](O)O[C@@H]2C[C@@]1(COC(c1ccccc1)(c1ccc(OC)cc1)c1ccc(OC)cc1)O[C@H]2n1cnc2c(NC(=O)c3ccccc3)ncnc21. The number of nitrogens with zero attached hydrogens (tertiary/aromatic N) is 4. The van der Waals surface area contributed by atoms with Gasteiger partial charge in [0.25, 0.3) is 5.91 Å². The van der Waals surface area contributed by atoms with Gasteiger partial charge in [0.15, 0.2) is 29.5 Å². The van der Waals surface area contributed by atoms with Crippen molar-refractivity contribution in [1.29, 1.82) is 0 Å². The van der Waals surface area contributed by atoms with E-state index in [1.54, 1.807) is 49.4 Å². The van der Waals surface area contributed by atoms with Gasteiger partial charge in [-0.15, -0.1) is 0 Å². The largest absolute Gasteiger partial charge is 0.497 e. The number of methoxy groups -OCH3 is 2. The fourth-order valence-corrected chi connectivity index (χ4v) is 7.40. The molecule has 2 aliphatic heterocycles. The summed E-state index contributed by atoms with van der Waals surface area (Å²) in [5.41, 5.74) is 2.28. The Kier molecular flexibility index (Phi) is 9.42. The topological polar surface area (TPSA) is 139 Å². The number of ether oxygens (including phenoxy) is 5. The van der Waals surface area contributed by atoms with Crippen molar-refractivity contribution in [3.8, 4) is 11.5 Å². The number of carbonyl (C=O) groups excluding carboxylic acids is 1. The Morgan fingerprint density at radius 3 is 2.13 bits per heavy atom. The van der Waals surface area contributed by atoms with Crippen LogP contribution in [0.5, 0.6) is 11.5 Å². The van der Waals surface area contributed by atoms with Crippen molar-refractivity contribution in [2.45, 2.75) is 42.7 Å². The normalized spacial score (nSPS) is 21.1. The summed E-state index contributed by atoms with van der Waals surface area (Å²) in [6.07, 6.45) is 0.874. The second-order valence-electron chi connectivity index (χ2n) is 13.3. The number of anilines is 1. The maximum absolute atomic E-state index is 13.0. The lowest BCUT2D eigenvalue weighted by Gasteiger charge is -2.40. The fraction of sp³-hybridized carbons (Fsp3) is 0.238. The van der Waals surface area contributed by atoms with E-state index in [1.165, 1.54) is 6.33 Å². The molecule has 4 atom stereocenters. The molecule has 2 aromatic heterocycles. The Balaban J connectivity index is 1.18. The summed E-state index contributed by atoms with van der Waals surface area (Å²) < 4.78 is 33.3. The van der Waals surface area contributed by atoms with E-state index in [1.807, 2.05) is 84.9 Å². The molecule has 0 radical (unpaired) electrons. The summed E-state index contributed by atoms with van der Waals surface area (Å²) in [6.45, 7) is 4.46. The van der Waals surface area contributed by atoms with Gasteiger partial charge in [-0.1, -0.05) is 79.4 Å². The molecule has 274 valence electrons. The van der Waals surface area contributed by atoms with Gasteiger partial charge in [0.2, 0.25) is 0 Å². The maximum Gasteiger partial charge on any atom is 0.256 e. The first-order valence-electron chi connectivity index (χ1n) is 17.6. The van der Waals surface area contributed by atoms with Gasteiger partial charge >= 0.3 is 0 Å². The first-order valence-corrected chi connectivity index (χ1v) is 17.6. The smallest absolute Gasteiger partial charge is 0.256 e. The minimum atomic E-state index is -1.13. The lowest BCUT2D eigenvalue weighted by Crippen LogP contribution is -2.43. The first kappa shape index (κ1) is 35.1. The minimum Gasteiger partial charge on any atom is -0.497 e. The van der Waals surface area contributed by atoms with Crippen LogP contribution in [0.15, 0.2) is 134 Å². The second-order valence-corrected chi connectivity index (χ2v) is 13.3. The maximum atomic E-state index is 13.0. The third kappa shape index (κ3) is 6.28. The first-order chi connectivity index (χ1) is 26.3. The van der Waals surface area contributed by atoms with Crippen LogP contribution in [0, 0.1) is 0 Å². The van der Waals surface area contributed by atoms with Crippen molar-refractivity contribution < 1.29 is 33.6 Å². The number of aliphatic hydroxyl groups excluding tert-OH is 1.